The van der Waals surface area contributed by atoms with Crippen LogP contribution < -0.4 is 14.8 Å². The summed E-state index contributed by atoms with van der Waals surface area (Å²) in [6, 6.07) is 10.5. The maximum atomic E-state index is 12.2. The maximum Gasteiger partial charge on any atom is 0.228 e. The highest BCUT2D eigenvalue weighted by Gasteiger charge is 2.15. The zero-order valence-electron chi connectivity index (χ0n) is 12.3. The molecule has 1 aliphatic rings. The number of hydrogen-bond acceptors (Lipinski definition) is 3. The standard InChI is InChI=1S/C17H15Cl2NO3/c18-12-4-2-11(3-5-12)8-17(21)20-14-10-16-15(9-13(14)19)22-6-1-7-23-16/h2-5,9-10H,1,6-8H2,(H,20,21). The molecule has 0 saturated heterocycles. The molecule has 1 amide bonds. The fourth-order valence-corrected chi connectivity index (χ4v) is 2.59. The number of carbonyl (C=O) groups excluding carboxylic acids is 1. The third-order valence-electron chi connectivity index (χ3n) is 3.39. The first-order valence-corrected chi connectivity index (χ1v) is 8.01. The van der Waals surface area contributed by atoms with Gasteiger partial charge in [0.1, 0.15) is 0 Å². The SMILES string of the molecule is O=C(Cc1ccc(Cl)cc1)Nc1cc2c(cc1Cl)OCCCO2. The first-order chi connectivity index (χ1) is 11.1. The fourth-order valence-electron chi connectivity index (χ4n) is 2.26. The van der Waals surface area contributed by atoms with Crippen LogP contribution >= 0.6 is 23.2 Å². The van der Waals surface area contributed by atoms with Gasteiger partial charge in [-0.1, -0.05) is 35.3 Å². The van der Waals surface area contributed by atoms with E-state index >= 15 is 0 Å². The summed E-state index contributed by atoms with van der Waals surface area (Å²) in [6.45, 7) is 1.17. The minimum Gasteiger partial charge on any atom is -0.490 e. The summed E-state index contributed by atoms with van der Waals surface area (Å²) in [5, 5.41) is 3.86. The third-order valence-corrected chi connectivity index (χ3v) is 3.95. The number of ether oxygens (including phenoxy) is 2. The Balaban J connectivity index is 1.73. The van der Waals surface area contributed by atoms with Crippen LogP contribution in [0.5, 0.6) is 11.5 Å². The van der Waals surface area contributed by atoms with Crippen molar-refractivity contribution in [2.75, 3.05) is 18.5 Å². The number of nitrogens with one attached hydrogen (secondary N) is 1. The van der Waals surface area contributed by atoms with E-state index in [1.807, 2.05) is 12.1 Å². The second-order valence-corrected chi connectivity index (χ2v) is 6.02. The molecule has 2 aromatic rings. The van der Waals surface area contributed by atoms with E-state index in [0.717, 1.165) is 12.0 Å². The van der Waals surface area contributed by atoms with E-state index in [2.05, 4.69) is 5.32 Å². The first-order valence-electron chi connectivity index (χ1n) is 7.25. The van der Waals surface area contributed by atoms with Crippen LogP contribution in [0.1, 0.15) is 12.0 Å². The molecule has 0 bridgehead atoms. The van der Waals surface area contributed by atoms with E-state index in [1.165, 1.54) is 0 Å². The molecule has 23 heavy (non-hydrogen) atoms. The van der Waals surface area contributed by atoms with E-state index < -0.39 is 0 Å². The van der Waals surface area contributed by atoms with Gasteiger partial charge in [-0.2, -0.15) is 0 Å². The van der Waals surface area contributed by atoms with Gasteiger partial charge in [-0.15, -0.1) is 0 Å². The van der Waals surface area contributed by atoms with Gasteiger partial charge in [0.2, 0.25) is 5.91 Å². The minimum atomic E-state index is -0.163. The Morgan fingerprint density at radius 1 is 1.04 bits per heavy atom. The number of anilines is 1. The van der Waals surface area contributed by atoms with Crippen LogP contribution in [-0.2, 0) is 11.2 Å². The van der Waals surface area contributed by atoms with Crippen molar-refractivity contribution in [3.8, 4) is 11.5 Å². The predicted molar refractivity (Wildman–Crippen MR) is 90.8 cm³/mol. The number of amides is 1. The molecule has 0 spiro atoms. The van der Waals surface area contributed by atoms with E-state index in [9.17, 15) is 4.79 Å². The molecule has 0 saturated carbocycles. The van der Waals surface area contributed by atoms with Crippen molar-refractivity contribution in [1.29, 1.82) is 0 Å². The molecular formula is C17H15Cl2NO3. The van der Waals surface area contributed by atoms with Crippen LogP contribution in [0.15, 0.2) is 36.4 Å². The van der Waals surface area contributed by atoms with E-state index in [0.29, 0.717) is 40.4 Å². The summed E-state index contributed by atoms with van der Waals surface area (Å²) in [7, 11) is 0. The number of hydrogen-bond donors (Lipinski definition) is 1. The van der Waals surface area contributed by atoms with Gasteiger partial charge in [-0.25, -0.2) is 0 Å². The Morgan fingerprint density at radius 3 is 2.39 bits per heavy atom. The minimum absolute atomic E-state index is 0.163. The van der Waals surface area contributed by atoms with Crippen LogP contribution in [-0.4, -0.2) is 19.1 Å². The monoisotopic (exact) mass is 351 g/mol. The van der Waals surface area contributed by atoms with Crippen LogP contribution in [0.4, 0.5) is 5.69 Å². The summed E-state index contributed by atoms with van der Waals surface area (Å²) >= 11 is 12.1. The average molecular weight is 352 g/mol. The molecule has 4 nitrogen and oxygen atoms in total. The van der Waals surface area contributed by atoms with Gasteiger partial charge >= 0.3 is 0 Å². The Morgan fingerprint density at radius 2 is 1.70 bits per heavy atom. The first kappa shape index (κ1) is 16.0. The van der Waals surface area contributed by atoms with Crippen LogP contribution in [0.25, 0.3) is 0 Å². The van der Waals surface area contributed by atoms with Gasteiger partial charge in [-0.3, -0.25) is 4.79 Å². The largest absolute Gasteiger partial charge is 0.490 e. The molecule has 2 aromatic carbocycles. The second-order valence-electron chi connectivity index (χ2n) is 5.18. The fraction of sp³-hybridized carbons (Fsp3) is 0.235. The third kappa shape index (κ3) is 4.09. The van der Waals surface area contributed by atoms with Crippen molar-refractivity contribution in [2.45, 2.75) is 12.8 Å². The van der Waals surface area contributed by atoms with E-state index in [-0.39, 0.29) is 12.3 Å². The summed E-state index contributed by atoms with van der Waals surface area (Å²) in [4.78, 5) is 12.2. The van der Waals surface area contributed by atoms with Crippen molar-refractivity contribution in [1.82, 2.24) is 0 Å². The Labute approximate surface area is 144 Å². The lowest BCUT2D eigenvalue weighted by Crippen LogP contribution is -2.14. The summed E-state index contributed by atoms with van der Waals surface area (Å²) in [5.74, 6) is 1.03. The Hall–Kier alpha value is -1.91. The molecule has 3 rings (SSSR count). The number of benzene rings is 2. The highest BCUT2D eigenvalue weighted by atomic mass is 35.5. The number of fused-ring (bicyclic) bond motifs is 1. The number of carbonyl (C=O) groups is 1. The lowest BCUT2D eigenvalue weighted by molar-refractivity contribution is -0.115. The zero-order chi connectivity index (χ0) is 16.2. The summed E-state index contributed by atoms with van der Waals surface area (Å²) < 4.78 is 11.2. The second kappa shape index (κ2) is 7.11. The average Bonchev–Trinajstić information content (AvgIpc) is 2.75. The molecule has 0 unspecified atom stereocenters. The van der Waals surface area contributed by atoms with Crippen LogP contribution in [0.3, 0.4) is 0 Å². The van der Waals surface area contributed by atoms with Gasteiger partial charge in [0.15, 0.2) is 11.5 Å². The highest BCUT2D eigenvalue weighted by molar-refractivity contribution is 6.34. The molecule has 0 atom stereocenters. The lowest BCUT2D eigenvalue weighted by atomic mass is 10.1. The van der Waals surface area contributed by atoms with Crippen LogP contribution in [0.2, 0.25) is 10.0 Å². The van der Waals surface area contributed by atoms with Gasteiger partial charge in [0, 0.05) is 23.6 Å². The predicted octanol–water partition coefficient (Wildman–Crippen LogP) is 4.34. The molecule has 1 aliphatic heterocycles. The molecule has 0 aromatic heterocycles. The van der Waals surface area contributed by atoms with Crippen molar-refractivity contribution >= 4 is 34.8 Å². The zero-order valence-corrected chi connectivity index (χ0v) is 13.8. The van der Waals surface area contributed by atoms with E-state index in [1.54, 1.807) is 24.3 Å². The molecule has 0 fully saturated rings. The quantitative estimate of drug-likeness (QED) is 0.894. The normalized spacial score (nSPS) is 13.3. The molecule has 6 heteroatoms. The van der Waals surface area contributed by atoms with Crippen molar-refractivity contribution in [3.63, 3.8) is 0 Å². The summed E-state index contributed by atoms with van der Waals surface area (Å²) in [6.07, 6.45) is 1.05. The van der Waals surface area contributed by atoms with E-state index in [4.69, 9.17) is 32.7 Å². The van der Waals surface area contributed by atoms with Gasteiger partial charge in [0.25, 0.3) is 0 Å². The highest BCUT2D eigenvalue weighted by Crippen LogP contribution is 2.37. The topological polar surface area (TPSA) is 47.6 Å². The molecule has 0 radical (unpaired) electrons. The molecule has 0 aliphatic carbocycles. The number of rotatable bonds is 3. The summed E-state index contributed by atoms with van der Waals surface area (Å²) in [5.41, 5.74) is 1.38. The van der Waals surface area contributed by atoms with Gasteiger partial charge in [-0.05, 0) is 17.7 Å². The molecule has 1 N–H and O–H groups in total. The molecular weight excluding hydrogens is 337 g/mol. The number of halogens is 2. The van der Waals surface area contributed by atoms with Gasteiger partial charge in [0.05, 0.1) is 30.3 Å². The Bertz CT molecular complexity index is 717. The lowest BCUT2D eigenvalue weighted by Gasteiger charge is -2.12. The van der Waals surface area contributed by atoms with Crippen molar-refractivity contribution in [2.24, 2.45) is 0 Å². The smallest absolute Gasteiger partial charge is 0.228 e. The molecule has 1 heterocycles. The van der Waals surface area contributed by atoms with Gasteiger partial charge < -0.3 is 14.8 Å². The van der Waals surface area contributed by atoms with Crippen molar-refractivity contribution in [3.05, 3.63) is 52.0 Å². The van der Waals surface area contributed by atoms with Crippen LogP contribution in [0, 0.1) is 0 Å². The Kier molecular flexibility index (Phi) is 4.94. The maximum absolute atomic E-state index is 12.2. The molecule has 120 valence electrons. The van der Waals surface area contributed by atoms with Crippen molar-refractivity contribution < 1.29 is 14.3 Å².